The SMILES string of the molecule is CNCC1CCCN1C(=O)C1CC(=O)N(c2cc(OC)c(OC)c(OC)c2)C1. The Morgan fingerprint density at radius 3 is 2.43 bits per heavy atom. The van der Waals surface area contributed by atoms with E-state index < -0.39 is 0 Å². The molecule has 0 saturated carbocycles. The number of ether oxygens (including phenoxy) is 3. The molecule has 3 rings (SSSR count). The third-order valence-corrected chi connectivity index (χ3v) is 5.54. The first-order valence-electron chi connectivity index (χ1n) is 9.59. The van der Waals surface area contributed by atoms with Crippen LogP contribution < -0.4 is 24.4 Å². The molecular weight excluding hydrogens is 362 g/mol. The number of nitrogens with one attached hydrogen (secondary N) is 1. The van der Waals surface area contributed by atoms with E-state index in [0.717, 1.165) is 25.9 Å². The topological polar surface area (TPSA) is 80.3 Å². The quantitative estimate of drug-likeness (QED) is 0.754. The summed E-state index contributed by atoms with van der Waals surface area (Å²) in [7, 11) is 6.50. The number of nitrogens with zero attached hydrogens (tertiary/aromatic N) is 2. The maximum Gasteiger partial charge on any atom is 0.228 e. The van der Waals surface area contributed by atoms with Gasteiger partial charge in [0.1, 0.15) is 0 Å². The van der Waals surface area contributed by atoms with Crippen LogP contribution in [0, 0.1) is 5.92 Å². The molecule has 28 heavy (non-hydrogen) atoms. The normalized spacial score (nSPS) is 21.9. The fourth-order valence-electron chi connectivity index (χ4n) is 4.15. The van der Waals surface area contributed by atoms with Crippen LogP contribution in [0.3, 0.4) is 0 Å². The zero-order valence-corrected chi connectivity index (χ0v) is 17.0. The average Bonchev–Trinajstić information content (AvgIpc) is 3.33. The number of amides is 2. The third kappa shape index (κ3) is 3.73. The zero-order valence-electron chi connectivity index (χ0n) is 17.0. The Morgan fingerprint density at radius 1 is 1.18 bits per heavy atom. The van der Waals surface area contributed by atoms with Gasteiger partial charge in [0, 0.05) is 44.2 Å². The average molecular weight is 391 g/mol. The van der Waals surface area contributed by atoms with Gasteiger partial charge in [-0.15, -0.1) is 0 Å². The maximum absolute atomic E-state index is 13.1. The smallest absolute Gasteiger partial charge is 0.228 e. The van der Waals surface area contributed by atoms with Crippen LogP contribution in [-0.2, 0) is 9.59 Å². The molecule has 0 radical (unpaired) electrons. The number of hydrogen-bond acceptors (Lipinski definition) is 6. The van der Waals surface area contributed by atoms with E-state index >= 15 is 0 Å². The molecule has 0 aromatic heterocycles. The van der Waals surface area contributed by atoms with Crippen molar-refractivity contribution in [3.8, 4) is 17.2 Å². The van der Waals surface area contributed by atoms with Crippen LogP contribution in [-0.4, -0.2) is 70.8 Å². The number of likely N-dealkylation sites (tertiary alicyclic amines) is 1. The van der Waals surface area contributed by atoms with Gasteiger partial charge in [0.25, 0.3) is 0 Å². The summed E-state index contributed by atoms with van der Waals surface area (Å²) in [6, 6.07) is 3.69. The van der Waals surface area contributed by atoms with Gasteiger partial charge in [-0.1, -0.05) is 0 Å². The lowest BCUT2D eigenvalue weighted by atomic mass is 10.1. The van der Waals surface area contributed by atoms with Gasteiger partial charge in [-0.2, -0.15) is 0 Å². The molecule has 1 aromatic rings. The number of methoxy groups -OCH3 is 3. The summed E-state index contributed by atoms with van der Waals surface area (Å²) in [5.41, 5.74) is 0.642. The van der Waals surface area contributed by atoms with E-state index in [1.54, 1.807) is 17.0 Å². The molecule has 8 heteroatoms. The van der Waals surface area contributed by atoms with Gasteiger partial charge in [0.15, 0.2) is 11.5 Å². The number of likely N-dealkylation sites (N-methyl/N-ethyl adjacent to an activating group) is 1. The summed E-state index contributed by atoms with van der Waals surface area (Å²) < 4.78 is 16.1. The highest BCUT2D eigenvalue weighted by Gasteiger charge is 2.40. The van der Waals surface area contributed by atoms with E-state index in [9.17, 15) is 9.59 Å². The van der Waals surface area contributed by atoms with Gasteiger partial charge >= 0.3 is 0 Å². The van der Waals surface area contributed by atoms with Gasteiger partial charge in [-0.3, -0.25) is 9.59 Å². The van der Waals surface area contributed by atoms with E-state index in [4.69, 9.17) is 14.2 Å². The summed E-state index contributed by atoms with van der Waals surface area (Å²) in [5, 5.41) is 3.15. The minimum Gasteiger partial charge on any atom is -0.493 e. The molecule has 2 heterocycles. The Labute approximate surface area is 165 Å². The van der Waals surface area contributed by atoms with Crippen molar-refractivity contribution in [3.05, 3.63) is 12.1 Å². The standard InChI is InChI=1S/C20H29N3O5/c1-21-11-14-6-5-7-22(14)20(25)13-8-18(24)23(12-13)15-9-16(26-2)19(28-4)17(10-15)27-3/h9-10,13-14,21H,5-8,11-12H2,1-4H3. The molecule has 2 saturated heterocycles. The first-order chi connectivity index (χ1) is 13.5. The van der Waals surface area contributed by atoms with Gasteiger partial charge in [0.2, 0.25) is 17.6 Å². The fraction of sp³-hybridized carbons (Fsp3) is 0.600. The van der Waals surface area contributed by atoms with Gasteiger partial charge < -0.3 is 29.3 Å². The van der Waals surface area contributed by atoms with Crippen molar-refractivity contribution in [2.24, 2.45) is 5.92 Å². The zero-order chi connectivity index (χ0) is 20.3. The Hall–Kier alpha value is -2.48. The Balaban J connectivity index is 1.80. The highest BCUT2D eigenvalue weighted by Crippen LogP contribution is 2.42. The van der Waals surface area contributed by atoms with E-state index in [1.807, 2.05) is 11.9 Å². The molecule has 0 bridgehead atoms. The van der Waals surface area contributed by atoms with Crippen molar-refractivity contribution in [2.75, 3.05) is 52.9 Å². The minimum atomic E-state index is -0.330. The van der Waals surface area contributed by atoms with Crippen molar-refractivity contribution in [2.45, 2.75) is 25.3 Å². The third-order valence-electron chi connectivity index (χ3n) is 5.54. The second-order valence-electron chi connectivity index (χ2n) is 7.17. The molecule has 2 amide bonds. The summed E-state index contributed by atoms with van der Waals surface area (Å²) >= 11 is 0. The molecule has 2 aliphatic rings. The first-order valence-corrected chi connectivity index (χ1v) is 9.59. The molecule has 0 aliphatic carbocycles. The second kappa shape index (κ2) is 8.68. The summed E-state index contributed by atoms with van der Waals surface area (Å²) in [5.74, 6) is 1.10. The Bertz CT molecular complexity index is 714. The van der Waals surface area contributed by atoms with Crippen LogP contribution in [0.2, 0.25) is 0 Å². The summed E-state index contributed by atoms with van der Waals surface area (Å²) in [6.45, 7) is 1.90. The van der Waals surface area contributed by atoms with Crippen LogP contribution in [0.1, 0.15) is 19.3 Å². The monoisotopic (exact) mass is 391 g/mol. The number of carbonyl (C=O) groups excluding carboxylic acids is 2. The van der Waals surface area contributed by atoms with Crippen LogP contribution >= 0.6 is 0 Å². The molecule has 0 spiro atoms. The van der Waals surface area contributed by atoms with Crippen molar-refractivity contribution in [3.63, 3.8) is 0 Å². The minimum absolute atomic E-state index is 0.0704. The number of benzene rings is 1. The first kappa shape index (κ1) is 20.3. The molecule has 2 unspecified atom stereocenters. The van der Waals surface area contributed by atoms with Crippen LogP contribution in [0.5, 0.6) is 17.2 Å². The lowest BCUT2D eigenvalue weighted by Crippen LogP contribution is -2.44. The van der Waals surface area contributed by atoms with Crippen molar-refractivity contribution < 1.29 is 23.8 Å². The molecule has 2 atom stereocenters. The lowest BCUT2D eigenvalue weighted by molar-refractivity contribution is -0.136. The number of hydrogen-bond donors (Lipinski definition) is 1. The molecule has 8 nitrogen and oxygen atoms in total. The highest BCUT2D eigenvalue weighted by molar-refractivity contribution is 6.00. The number of carbonyl (C=O) groups is 2. The van der Waals surface area contributed by atoms with Crippen LogP contribution in [0.4, 0.5) is 5.69 Å². The van der Waals surface area contributed by atoms with E-state index in [1.165, 1.54) is 21.3 Å². The maximum atomic E-state index is 13.1. The molecule has 1 N–H and O–H groups in total. The van der Waals surface area contributed by atoms with Crippen LogP contribution in [0.15, 0.2) is 12.1 Å². The fourth-order valence-corrected chi connectivity index (χ4v) is 4.15. The molecule has 2 fully saturated rings. The Morgan fingerprint density at radius 2 is 1.86 bits per heavy atom. The highest BCUT2D eigenvalue weighted by atomic mass is 16.5. The van der Waals surface area contributed by atoms with Crippen LogP contribution in [0.25, 0.3) is 0 Å². The Kier molecular flexibility index (Phi) is 6.28. The van der Waals surface area contributed by atoms with E-state index in [-0.39, 0.29) is 30.2 Å². The predicted molar refractivity (Wildman–Crippen MR) is 105 cm³/mol. The van der Waals surface area contributed by atoms with E-state index in [0.29, 0.717) is 29.5 Å². The largest absolute Gasteiger partial charge is 0.493 e. The number of rotatable bonds is 7. The molecular formula is C20H29N3O5. The van der Waals surface area contributed by atoms with Crippen molar-refractivity contribution in [1.29, 1.82) is 0 Å². The molecule has 154 valence electrons. The van der Waals surface area contributed by atoms with Gasteiger partial charge in [0.05, 0.1) is 32.9 Å². The number of anilines is 1. The van der Waals surface area contributed by atoms with Crippen molar-refractivity contribution >= 4 is 17.5 Å². The van der Waals surface area contributed by atoms with Crippen molar-refractivity contribution in [1.82, 2.24) is 10.2 Å². The van der Waals surface area contributed by atoms with Gasteiger partial charge in [-0.05, 0) is 19.9 Å². The summed E-state index contributed by atoms with van der Waals surface area (Å²) in [6.07, 6.45) is 2.23. The van der Waals surface area contributed by atoms with E-state index in [2.05, 4.69) is 5.32 Å². The molecule has 1 aromatic carbocycles. The second-order valence-corrected chi connectivity index (χ2v) is 7.17. The predicted octanol–water partition coefficient (Wildman–Crippen LogP) is 1.28. The summed E-state index contributed by atoms with van der Waals surface area (Å²) in [4.78, 5) is 29.3. The lowest BCUT2D eigenvalue weighted by Gasteiger charge is -2.27. The molecule has 2 aliphatic heterocycles. The van der Waals surface area contributed by atoms with Gasteiger partial charge in [-0.25, -0.2) is 0 Å².